The second-order valence-corrected chi connectivity index (χ2v) is 13.1. The first-order valence-corrected chi connectivity index (χ1v) is 15.0. The summed E-state index contributed by atoms with van der Waals surface area (Å²) < 4.78 is 51.8. The van der Waals surface area contributed by atoms with E-state index in [0.29, 0.717) is 75.4 Å². The first-order valence-electron chi connectivity index (χ1n) is 12.4. The molecular weight excluding hydrogens is 582 g/mol. The Balaban J connectivity index is 1.25. The summed E-state index contributed by atoms with van der Waals surface area (Å²) in [6, 6.07) is 4.91. The van der Waals surface area contributed by atoms with Gasteiger partial charge in [0.25, 0.3) is 0 Å². The zero-order valence-electron chi connectivity index (χ0n) is 21.8. The summed E-state index contributed by atoms with van der Waals surface area (Å²) in [5, 5.41) is 8.81. The molecule has 1 aromatic carbocycles. The monoisotopic (exact) mass is 606 g/mol. The van der Waals surface area contributed by atoms with E-state index in [4.69, 9.17) is 32.7 Å². The average molecular weight is 607 g/mol. The first kappa shape index (κ1) is 27.0. The van der Waals surface area contributed by atoms with Gasteiger partial charge in [-0.3, -0.25) is 10.1 Å². The van der Waals surface area contributed by atoms with Crippen LogP contribution in [-0.2, 0) is 10.0 Å². The van der Waals surface area contributed by atoms with Gasteiger partial charge in [0.1, 0.15) is 11.8 Å². The number of sulfonamides is 1. The number of hydrogen-bond donors (Lipinski definition) is 1. The molecule has 0 bridgehead atoms. The van der Waals surface area contributed by atoms with Gasteiger partial charge in [0, 0.05) is 72.8 Å². The molecular formula is C26H25Cl2FN6O4S. The van der Waals surface area contributed by atoms with Gasteiger partial charge in [-0.25, -0.2) is 22.1 Å². The van der Waals surface area contributed by atoms with Crippen molar-refractivity contribution in [3.05, 3.63) is 58.2 Å². The highest BCUT2D eigenvalue weighted by Gasteiger charge is 2.55. The number of anilines is 1. The van der Waals surface area contributed by atoms with Crippen LogP contribution in [0.2, 0.25) is 10.0 Å². The van der Waals surface area contributed by atoms with Gasteiger partial charge in [0.2, 0.25) is 10.0 Å². The number of H-pyrrole nitrogens is 1. The third-order valence-electron chi connectivity index (χ3n) is 7.39. The van der Waals surface area contributed by atoms with Crippen LogP contribution in [0.5, 0.6) is 11.5 Å². The molecule has 14 heteroatoms. The normalized spacial score (nSPS) is 17.5. The number of hydrogen-bond acceptors (Lipinski definition) is 8. The summed E-state index contributed by atoms with van der Waals surface area (Å²) in [5.74, 6) is 0.641. The number of fused-ring (bicyclic) bond motifs is 1. The summed E-state index contributed by atoms with van der Waals surface area (Å²) in [6.07, 6.45) is 5.25. The smallest absolute Gasteiger partial charge is 0.211 e. The van der Waals surface area contributed by atoms with E-state index >= 15 is 4.39 Å². The lowest BCUT2D eigenvalue weighted by Gasteiger charge is -2.59. The van der Waals surface area contributed by atoms with E-state index in [1.807, 2.05) is 11.8 Å². The number of halogens is 3. The van der Waals surface area contributed by atoms with Crippen LogP contribution in [0, 0.1) is 11.2 Å². The second kappa shape index (κ2) is 9.72. The summed E-state index contributed by atoms with van der Waals surface area (Å²) in [6.45, 7) is 3.82. The van der Waals surface area contributed by atoms with Crippen molar-refractivity contribution in [1.29, 1.82) is 0 Å². The molecule has 0 radical (unpaired) electrons. The van der Waals surface area contributed by atoms with Gasteiger partial charge >= 0.3 is 0 Å². The van der Waals surface area contributed by atoms with E-state index in [-0.39, 0.29) is 11.2 Å². The molecule has 2 aliphatic rings. The molecule has 210 valence electrons. The number of aromatic nitrogens is 4. The fourth-order valence-corrected chi connectivity index (χ4v) is 7.09. The highest BCUT2D eigenvalue weighted by Crippen LogP contribution is 2.44. The SMILES string of the molecule is COc1cc2[nH]nc(-c3cnc(N4CC5(C4)CN(S(C)(=O)=O)C5)c(F)c3)c2cc1O[C@H](C)c1c(Cl)cncc1Cl. The van der Waals surface area contributed by atoms with Crippen LogP contribution >= 0.6 is 23.2 Å². The Morgan fingerprint density at radius 3 is 2.40 bits per heavy atom. The summed E-state index contributed by atoms with van der Waals surface area (Å²) in [5.41, 5.74) is 2.11. The minimum Gasteiger partial charge on any atom is -0.493 e. The van der Waals surface area contributed by atoms with Gasteiger partial charge in [0.15, 0.2) is 23.1 Å². The molecule has 10 nitrogen and oxygen atoms in total. The highest BCUT2D eigenvalue weighted by atomic mass is 35.5. The Kier molecular flexibility index (Phi) is 6.56. The predicted octanol–water partition coefficient (Wildman–Crippen LogP) is 4.70. The van der Waals surface area contributed by atoms with Gasteiger partial charge in [-0.15, -0.1) is 0 Å². The Morgan fingerprint density at radius 1 is 1.07 bits per heavy atom. The Bertz CT molecular complexity index is 1720. The zero-order chi connectivity index (χ0) is 28.4. The van der Waals surface area contributed by atoms with Gasteiger partial charge in [-0.05, 0) is 19.1 Å². The number of nitrogens with zero attached hydrogens (tertiary/aromatic N) is 5. The lowest BCUT2D eigenvalue weighted by molar-refractivity contribution is 0.0390. The van der Waals surface area contributed by atoms with Crippen LogP contribution in [0.3, 0.4) is 0 Å². The molecule has 0 unspecified atom stereocenters. The third kappa shape index (κ3) is 4.62. The molecule has 1 spiro atoms. The van der Waals surface area contributed by atoms with Gasteiger partial charge < -0.3 is 14.4 Å². The van der Waals surface area contributed by atoms with Crippen molar-refractivity contribution >= 4 is 49.9 Å². The molecule has 2 saturated heterocycles. The minimum absolute atomic E-state index is 0.133. The zero-order valence-corrected chi connectivity index (χ0v) is 24.1. The van der Waals surface area contributed by atoms with Crippen molar-refractivity contribution in [3.63, 3.8) is 0 Å². The van der Waals surface area contributed by atoms with Crippen molar-refractivity contribution in [2.75, 3.05) is 44.4 Å². The largest absolute Gasteiger partial charge is 0.493 e. The quantitative estimate of drug-likeness (QED) is 0.322. The number of ether oxygens (including phenoxy) is 2. The van der Waals surface area contributed by atoms with Gasteiger partial charge in [0.05, 0.1) is 28.9 Å². The molecule has 5 heterocycles. The maximum absolute atomic E-state index is 15.3. The van der Waals surface area contributed by atoms with Crippen molar-refractivity contribution < 1.29 is 22.3 Å². The molecule has 6 rings (SSSR count). The number of pyridine rings is 2. The van der Waals surface area contributed by atoms with E-state index in [0.717, 1.165) is 0 Å². The van der Waals surface area contributed by atoms with Gasteiger partial charge in [-0.1, -0.05) is 23.2 Å². The molecule has 2 fully saturated rings. The molecule has 1 atom stereocenters. The van der Waals surface area contributed by atoms with Gasteiger partial charge in [-0.2, -0.15) is 5.10 Å². The number of methoxy groups -OCH3 is 1. The van der Waals surface area contributed by atoms with Crippen molar-refractivity contribution in [2.45, 2.75) is 13.0 Å². The summed E-state index contributed by atoms with van der Waals surface area (Å²) >= 11 is 12.6. The lowest BCUT2D eigenvalue weighted by Crippen LogP contribution is -2.73. The molecule has 1 N–H and O–H groups in total. The molecule has 0 amide bonds. The van der Waals surface area contributed by atoms with Crippen LogP contribution in [0.15, 0.2) is 36.8 Å². The topological polar surface area (TPSA) is 114 Å². The molecule has 2 aliphatic heterocycles. The van der Waals surface area contributed by atoms with Crippen LogP contribution in [0.25, 0.3) is 22.2 Å². The molecule has 4 aromatic rings. The number of rotatable bonds is 7. The Morgan fingerprint density at radius 2 is 1.77 bits per heavy atom. The fourth-order valence-electron chi connectivity index (χ4n) is 5.40. The highest BCUT2D eigenvalue weighted by molar-refractivity contribution is 7.88. The standard InChI is InChI=1S/C26H25Cl2FN6O4S/c1-14(23-17(27)8-30-9-18(23)28)39-22-5-16-20(6-21(22)38-2)32-33-24(16)15-4-19(29)25(31-7-15)34-10-26(11-34)12-35(13-26)40(3,36)37/h4-9,14H,10-13H2,1-3H3,(H,32,33)/t14-/m1/s1. The number of benzene rings is 1. The van der Waals surface area contributed by atoms with E-state index in [9.17, 15) is 8.42 Å². The van der Waals surface area contributed by atoms with E-state index < -0.39 is 21.9 Å². The number of aromatic amines is 1. The summed E-state index contributed by atoms with van der Waals surface area (Å²) in [4.78, 5) is 10.2. The first-order chi connectivity index (χ1) is 19.0. The minimum atomic E-state index is -3.20. The Hall–Kier alpha value is -3.19. The second-order valence-electron chi connectivity index (χ2n) is 10.3. The van der Waals surface area contributed by atoms with Crippen LogP contribution in [0.1, 0.15) is 18.6 Å². The molecule has 0 saturated carbocycles. The maximum atomic E-state index is 15.3. The van der Waals surface area contributed by atoms with Crippen LogP contribution in [-0.4, -0.2) is 72.4 Å². The maximum Gasteiger partial charge on any atom is 0.211 e. The fraction of sp³-hybridized carbons (Fsp3) is 0.346. The van der Waals surface area contributed by atoms with E-state index in [2.05, 4.69) is 20.2 Å². The van der Waals surface area contributed by atoms with Crippen molar-refractivity contribution in [2.24, 2.45) is 5.41 Å². The van der Waals surface area contributed by atoms with Crippen molar-refractivity contribution in [3.8, 4) is 22.8 Å². The summed E-state index contributed by atoms with van der Waals surface area (Å²) in [7, 11) is -1.67. The molecule has 0 aliphatic carbocycles. The molecule has 3 aromatic heterocycles. The lowest BCUT2D eigenvalue weighted by atomic mass is 9.74. The average Bonchev–Trinajstić information content (AvgIpc) is 3.24. The van der Waals surface area contributed by atoms with E-state index in [1.54, 1.807) is 18.3 Å². The predicted molar refractivity (Wildman–Crippen MR) is 150 cm³/mol. The Labute approximate surface area is 240 Å². The van der Waals surface area contributed by atoms with Crippen molar-refractivity contribution in [1.82, 2.24) is 24.5 Å². The van der Waals surface area contributed by atoms with Crippen LogP contribution < -0.4 is 14.4 Å². The third-order valence-corrected chi connectivity index (χ3v) is 9.19. The molecule has 40 heavy (non-hydrogen) atoms. The van der Waals surface area contributed by atoms with E-state index in [1.165, 1.54) is 36.1 Å². The van der Waals surface area contributed by atoms with Crippen LogP contribution in [0.4, 0.5) is 10.2 Å². The number of nitrogens with one attached hydrogen (secondary N) is 1.